The molecule has 0 aromatic heterocycles. The van der Waals surface area contributed by atoms with Crippen LogP contribution in [0.3, 0.4) is 0 Å². The van der Waals surface area contributed by atoms with Gasteiger partial charge in [0.25, 0.3) is 0 Å². The van der Waals surface area contributed by atoms with Gasteiger partial charge in [-0.1, -0.05) is 12.2 Å². The molecule has 0 aliphatic carbocycles. The Labute approximate surface area is 88.5 Å². The van der Waals surface area contributed by atoms with Gasteiger partial charge in [0.15, 0.2) is 0 Å². The van der Waals surface area contributed by atoms with Crippen LogP contribution in [0.1, 0.15) is 6.42 Å². The number of carbonyl (C=O) groups excluding carboxylic acids is 2. The highest BCUT2D eigenvalue weighted by Gasteiger charge is 2.18. The molecule has 1 atom stereocenters. The summed E-state index contributed by atoms with van der Waals surface area (Å²) in [6, 6.07) is 0. The zero-order valence-electron chi connectivity index (χ0n) is 8.55. The van der Waals surface area contributed by atoms with Crippen LogP contribution >= 0.6 is 0 Å². The Morgan fingerprint density at radius 2 is 2.47 bits per heavy atom. The molecule has 0 radical (unpaired) electrons. The third-order valence-electron chi connectivity index (χ3n) is 2.14. The predicted octanol–water partition coefficient (Wildman–Crippen LogP) is 1.86. The van der Waals surface area contributed by atoms with E-state index in [1.54, 1.807) is 18.4 Å². The first kappa shape index (κ1) is 11.2. The first-order valence-corrected chi connectivity index (χ1v) is 4.55. The second-order valence-electron chi connectivity index (χ2n) is 3.10. The number of carbonyl (C=O) groups is 2. The molecule has 1 amide bonds. The van der Waals surface area contributed by atoms with E-state index < -0.39 is 6.09 Å². The number of rotatable bonds is 3. The van der Waals surface area contributed by atoms with Crippen LogP contribution in [0, 0.1) is 5.92 Å². The minimum atomic E-state index is -0.511. The van der Waals surface area contributed by atoms with Crippen molar-refractivity contribution in [3.05, 3.63) is 36.7 Å². The molecule has 0 spiro atoms. The highest BCUT2D eigenvalue weighted by Crippen LogP contribution is 2.21. The molecular weight excluding hydrogens is 194 g/mol. The van der Waals surface area contributed by atoms with Gasteiger partial charge < -0.3 is 4.74 Å². The maximum Gasteiger partial charge on any atom is 0.417 e. The van der Waals surface area contributed by atoms with Crippen LogP contribution in [-0.2, 0) is 9.53 Å². The smallest absolute Gasteiger partial charge is 0.417 e. The van der Waals surface area contributed by atoms with Crippen molar-refractivity contribution in [2.75, 3.05) is 7.11 Å². The van der Waals surface area contributed by atoms with Crippen molar-refractivity contribution in [1.29, 1.82) is 0 Å². The summed E-state index contributed by atoms with van der Waals surface area (Å²) in [5, 5.41) is 0. The van der Waals surface area contributed by atoms with Crippen LogP contribution in [0.15, 0.2) is 36.7 Å². The Morgan fingerprint density at radius 1 is 1.73 bits per heavy atom. The molecule has 0 fully saturated rings. The second kappa shape index (κ2) is 5.14. The average molecular weight is 207 g/mol. The normalized spacial score (nSPS) is 19.4. The van der Waals surface area contributed by atoms with E-state index >= 15 is 0 Å². The van der Waals surface area contributed by atoms with Gasteiger partial charge in [0.05, 0.1) is 7.11 Å². The SMILES string of the molecule is C=CCC1C=CN(C(=O)OC)C=C1C=O. The summed E-state index contributed by atoms with van der Waals surface area (Å²) in [6.07, 6.45) is 7.49. The summed E-state index contributed by atoms with van der Waals surface area (Å²) >= 11 is 0. The van der Waals surface area contributed by atoms with Gasteiger partial charge in [0.1, 0.15) is 6.29 Å². The fraction of sp³-hybridized carbons (Fsp3) is 0.273. The third-order valence-corrected chi connectivity index (χ3v) is 2.14. The minimum Gasteiger partial charge on any atom is -0.452 e. The Hall–Kier alpha value is -1.84. The fourth-order valence-corrected chi connectivity index (χ4v) is 1.34. The van der Waals surface area contributed by atoms with Crippen LogP contribution in [0.5, 0.6) is 0 Å². The van der Waals surface area contributed by atoms with E-state index in [2.05, 4.69) is 11.3 Å². The summed E-state index contributed by atoms with van der Waals surface area (Å²) in [4.78, 5) is 23.2. The molecule has 0 aromatic carbocycles. The van der Waals surface area contributed by atoms with E-state index in [0.29, 0.717) is 12.0 Å². The second-order valence-corrected chi connectivity index (χ2v) is 3.10. The lowest BCUT2D eigenvalue weighted by Gasteiger charge is -2.21. The van der Waals surface area contributed by atoms with E-state index in [0.717, 1.165) is 6.29 Å². The summed E-state index contributed by atoms with van der Waals surface area (Å²) in [5.41, 5.74) is 0.544. The molecule has 1 unspecified atom stereocenters. The zero-order chi connectivity index (χ0) is 11.3. The summed E-state index contributed by atoms with van der Waals surface area (Å²) in [6.45, 7) is 3.61. The molecular formula is C11H13NO3. The Bertz CT molecular complexity index is 331. The number of amides is 1. The zero-order valence-corrected chi connectivity index (χ0v) is 8.55. The molecule has 0 bridgehead atoms. The highest BCUT2D eigenvalue weighted by atomic mass is 16.5. The first-order chi connectivity index (χ1) is 7.22. The first-order valence-electron chi connectivity index (χ1n) is 4.55. The number of nitrogens with zero attached hydrogens (tertiary/aromatic N) is 1. The number of allylic oxidation sites excluding steroid dienone is 3. The molecule has 4 heteroatoms. The van der Waals surface area contributed by atoms with Crippen molar-refractivity contribution >= 4 is 12.4 Å². The number of hydrogen-bond donors (Lipinski definition) is 0. The van der Waals surface area contributed by atoms with Gasteiger partial charge in [-0.2, -0.15) is 0 Å². The van der Waals surface area contributed by atoms with Crippen LogP contribution in [0.2, 0.25) is 0 Å². The van der Waals surface area contributed by atoms with Gasteiger partial charge in [-0.3, -0.25) is 9.69 Å². The molecule has 1 rings (SSSR count). The molecule has 1 aliphatic heterocycles. The highest BCUT2D eigenvalue weighted by molar-refractivity contribution is 5.78. The van der Waals surface area contributed by atoms with E-state index in [4.69, 9.17) is 0 Å². The summed E-state index contributed by atoms with van der Waals surface area (Å²) in [7, 11) is 1.29. The van der Waals surface area contributed by atoms with Gasteiger partial charge in [-0.15, -0.1) is 6.58 Å². The van der Waals surface area contributed by atoms with Crippen LogP contribution in [0.25, 0.3) is 0 Å². The molecule has 1 heterocycles. The van der Waals surface area contributed by atoms with Gasteiger partial charge in [-0.05, 0) is 6.42 Å². The van der Waals surface area contributed by atoms with E-state index in [1.807, 2.05) is 0 Å². The number of aldehydes is 1. The summed E-state index contributed by atoms with van der Waals surface area (Å²) in [5.74, 6) is 0.000839. The lowest BCUT2D eigenvalue weighted by atomic mass is 9.95. The predicted molar refractivity (Wildman–Crippen MR) is 55.8 cm³/mol. The maximum absolute atomic E-state index is 11.2. The lowest BCUT2D eigenvalue weighted by Crippen LogP contribution is -2.24. The summed E-state index contributed by atoms with van der Waals surface area (Å²) < 4.78 is 4.53. The van der Waals surface area contributed by atoms with Crippen molar-refractivity contribution in [3.8, 4) is 0 Å². The van der Waals surface area contributed by atoms with Gasteiger partial charge in [-0.25, -0.2) is 4.79 Å². The Morgan fingerprint density at radius 3 is 3.00 bits per heavy atom. The van der Waals surface area contributed by atoms with Crippen molar-refractivity contribution in [2.24, 2.45) is 5.92 Å². The van der Waals surface area contributed by atoms with Gasteiger partial charge >= 0.3 is 6.09 Å². The fourth-order valence-electron chi connectivity index (χ4n) is 1.34. The topological polar surface area (TPSA) is 46.6 Å². The molecule has 0 saturated carbocycles. The van der Waals surface area contributed by atoms with Crippen LogP contribution in [-0.4, -0.2) is 24.4 Å². The van der Waals surface area contributed by atoms with Crippen molar-refractivity contribution in [2.45, 2.75) is 6.42 Å². The Balaban J connectivity index is 2.82. The molecule has 1 aliphatic rings. The molecule has 4 nitrogen and oxygen atoms in total. The molecule has 0 N–H and O–H groups in total. The van der Waals surface area contributed by atoms with Crippen molar-refractivity contribution in [1.82, 2.24) is 4.90 Å². The van der Waals surface area contributed by atoms with E-state index in [-0.39, 0.29) is 5.92 Å². The van der Waals surface area contributed by atoms with E-state index in [1.165, 1.54) is 18.2 Å². The number of ether oxygens (including phenoxy) is 1. The molecule has 0 saturated heterocycles. The largest absolute Gasteiger partial charge is 0.452 e. The standard InChI is InChI=1S/C11H13NO3/c1-3-4-9-5-6-12(11(14)15-2)7-10(9)8-13/h3,5-9H,1,4H2,2H3. The monoisotopic (exact) mass is 207 g/mol. The molecule has 15 heavy (non-hydrogen) atoms. The maximum atomic E-state index is 11.2. The van der Waals surface area contributed by atoms with Crippen LogP contribution < -0.4 is 0 Å². The van der Waals surface area contributed by atoms with Crippen molar-refractivity contribution < 1.29 is 14.3 Å². The molecule has 80 valence electrons. The quantitative estimate of drug-likeness (QED) is 0.524. The van der Waals surface area contributed by atoms with Gasteiger partial charge in [0, 0.05) is 23.9 Å². The minimum absolute atomic E-state index is 0.000839. The number of hydrogen-bond acceptors (Lipinski definition) is 3. The lowest BCUT2D eigenvalue weighted by molar-refractivity contribution is -0.105. The van der Waals surface area contributed by atoms with Gasteiger partial charge in [0.2, 0.25) is 0 Å². The number of methoxy groups -OCH3 is 1. The van der Waals surface area contributed by atoms with E-state index in [9.17, 15) is 9.59 Å². The van der Waals surface area contributed by atoms with Crippen molar-refractivity contribution in [3.63, 3.8) is 0 Å². The van der Waals surface area contributed by atoms with Crippen LogP contribution in [0.4, 0.5) is 4.79 Å². The third kappa shape index (κ3) is 2.56. The molecule has 0 aromatic rings. The average Bonchev–Trinajstić information content (AvgIpc) is 2.29. The Kier molecular flexibility index (Phi) is 3.85.